The highest BCUT2D eigenvalue weighted by Gasteiger charge is 2.18. The highest BCUT2D eigenvalue weighted by atomic mass is 35.7. The Kier molecular flexibility index (Phi) is 6.25. The summed E-state index contributed by atoms with van der Waals surface area (Å²) in [7, 11) is 0. The number of unbranched alkanes of at least 4 members (excludes halogenated alkanes) is 1. The van der Waals surface area contributed by atoms with Crippen LogP contribution < -0.4 is 0 Å². The molecule has 0 N–H and O–H groups in total. The van der Waals surface area contributed by atoms with Crippen LogP contribution in [0.3, 0.4) is 0 Å². The quantitative estimate of drug-likeness (QED) is 0.488. The molecule has 5 heteroatoms. The van der Waals surface area contributed by atoms with Crippen molar-refractivity contribution in [2.75, 3.05) is 13.2 Å². The second kappa shape index (κ2) is 6.01. The summed E-state index contributed by atoms with van der Waals surface area (Å²) in [5.74, 6) is 0. The minimum absolute atomic E-state index is 0.312. The van der Waals surface area contributed by atoms with E-state index in [1.807, 2.05) is 6.92 Å². The first-order valence-electron chi connectivity index (χ1n) is 3.71. The fourth-order valence-corrected chi connectivity index (χ4v) is 1.74. The standard InChI is InChI=1S/C6H14ClO3P/c1-3-5-6-10-11(7,8)9-4-2/h3-6H2,1-2H3/t11-/m1/s1. The predicted octanol–water partition coefficient (Wildman–Crippen LogP) is 3.19. The van der Waals surface area contributed by atoms with Gasteiger partial charge in [-0.05, 0) is 13.3 Å². The van der Waals surface area contributed by atoms with Gasteiger partial charge in [0.1, 0.15) is 0 Å². The first kappa shape index (κ1) is 11.4. The summed E-state index contributed by atoms with van der Waals surface area (Å²) in [6, 6.07) is 0. The molecule has 0 aromatic heterocycles. The van der Waals surface area contributed by atoms with Gasteiger partial charge in [-0.25, -0.2) is 4.57 Å². The van der Waals surface area contributed by atoms with Crippen LogP contribution in [0.15, 0.2) is 0 Å². The lowest BCUT2D eigenvalue weighted by atomic mass is 10.4. The summed E-state index contributed by atoms with van der Waals surface area (Å²) in [5, 5.41) is 0. The molecule has 0 saturated heterocycles. The van der Waals surface area contributed by atoms with E-state index >= 15 is 0 Å². The van der Waals surface area contributed by atoms with Crippen LogP contribution in [0.2, 0.25) is 0 Å². The Morgan fingerprint density at radius 3 is 2.45 bits per heavy atom. The van der Waals surface area contributed by atoms with Gasteiger partial charge in [0.25, 0.3) is 0 Å². The zero-order valence-corrected chi connectivity index (χ0v) is 8.53. The average molecular weight is 201 g/mol. The third-order valence-corrected chi connectivity index (χ3v) is 2.67. The van der Waals surface area contributed by atoms with Crippen LogP contribution in [0.5, 0.6) is 0 Å². The number of hydrogen-bond donors (Lipinski definition) is 0. The van der Waals surface area contributed by atoms with Gasteiger partial charge in [-0.3, -0.25) is 9.05 Å². The van der Waals surface area contributed by atoms with Crippen molar-refractivity contribution in [1.82, 2.24) is 0 Å². The van der Waals surface area contributed by atoms with Gasteiger partial charge >= 0.3 is 6.95 Å². The Labute approximate surface area is 72.3 Å². The van der Waals surface area contributed by atoms with Crippen molar-refractivity contribution in [2.45, 2.75) is 26.7 Å². The molecule has 0 fully saturated rings. The fourth-order valence-electron chi connectivity index (χ4n) is 0.509. The average Bonchev–Trinajstić information content (AvgIpc) is 1.87. The summed E-state index contributed by atoms with van der Waals surface area (Å²) < 4.78 is 20.5. The lowest BCUT2D eigenvalue weighted by molar-refractivity contribution is 0.224. The normalized spacial score (nSPS) is 16.3. The van der Waals surface area contributed by atoms with Crippen molar-refractivity contribution in [2.24, 2.45) is 0 Å². The van der Waals surface area contributed by atoms with Crippen LogP contribution in [-0.4, -0.2) is 13.2 Å². The summed E-state index contributed by atoms with van der Waals surface area (Å²) in [5.41, 5.74) is 0. The Morgan fingerprint density at radius 1 is 1.36 bits per heavy atom. The zero-order valence-electron chi connectivity index (χ0n) is 6.88. The number of hydrogen-bond acceptors (Lipinski definition) is 3. The molecule has 0 radical (unpaired) electrons. The molecule has 0 saturated carbocycles. The summed E-state index contributed by atoms with van der Waals surface area (Å²) >= 11 is 5.38. The molecule has 0 amide bonds. The van der Waals surface area contributed by atoms with Gasteiger partial charge in [-0.2, -0.15) is 0 Å². The van der Waals surface area contributed by atoms with Gasteiger partial charge in [-0.15, -0.1) is 0 Å². The first-order chi connectivity index (χ1) is 5.12. The Balaban J connectivity index is 3.47. The maximum absolute atomic E-state index is 11.0. The molecule has 0 bridgehead atoms. The summed E-state index contributed by atoms with van der Waals surface area (Å²) in [6.07, 6.45) is 1.84. The van der Waals surface area contributed by atoms with Crippen LogP contribution in [0.25, 0.3) is 0 Å². The van der Waals surface area contributed by atoms with E-state index in [0.717, 1.165) is 12.8 Å². The van der Waals surface area contributed by atoms with E-state index in [4.69, 9.17) is 15.8 Å². The van der Waals surface area contributed by atoms with Gasteiger partial charge in [0.15, 0.2) is 0 Å². The lowest BCUT2D eigenvalue weighted by Crippen LogP contribution is -1.92. The van der Waals surface area contributed by atoms with Gasteiger partial charge in [-0.1, -0.05) is 13.3 Å². The van der Waals surface area contributed by atoms with Crippen molar-refractivity contribution in [3.8, 4) is 0 Å². The molecular weight excluding hydrogens is 186 g/mol. The van der Waals surface area contributed by atoms with E-state index in [0.29, 0.717) is 13.2 Å². The molecule has 0 aliphatic rings. The van der Waals surface area contributed by atoms with Gasteiger partial charge in [0, 0.05) is 11.2 Å². The van der Waals surface area contributed by atoms with E-state index in [2.05, 4.69) is 4.52 Å². The Hall–Kier alpha value is 0.440. The van der Waals surface area contributed by atoms with Gasteiger partial charge in [0.05, 0.1) is 13.2 Å². The smallest absolute Gasteiger partial charge is 0.297 e. The minimum atomic E-state index is -3.25. The maximum Gasteiger partial charge on any atom is 0.424 e. The van der Waals surface area contributed by atoms with Crippen LogP contribution in [0, 0.1) is 0 Å². The van der Waals surface area contributed by atoms with Crippen LogP contribution in [-0.2, 0) is 13.6 Å². The van der Waals surface area contributed by atoms with Crippen LogP contribution in [0.1, 0.15) is 26.7 Å². The molecule has 0 heterocycles. The second-order valence-corrected chi connectivity index (χ2v) is 4.65. The molecule has 0 unspecified atom stereocenters. The van der Waals surface area contributed by atoms with Crippen molar-refractivity contribution >= 4 is 18.2 Å². The zero-order chi connectivity index (χ0) is 8.74. The SMILES string of the molecule is CCCCO[P@@](=O)(Cl)OCC. The van der Waals surface area contributed by atoms with E-state index < -0.39 is 6.95 Å². The summed E-state index contributed by atoms with van der Waals surface area (Å²) in [6.45, 7) is 1.20. The number of halogens is 1. The molecule has 0 rings (SSSR count). The Bertz CT molecular complexity index is 140. The predicted molar refractivity (Wildman–Crippen MR) is 45.9 cm³/mol. The van der Waals surface area contributed by atoms with Crippen LogP contribution >= 0.6 is 18.2 Å². The molecule has 0 aromatic rings. The molecular formula is C6H14ClO3P. The molecule has 68 valence electrons. The number of rotatable bonds is 6. The topological polar surface area (TPSA) is 35.5 Å². The van der Waals surface area contributed by atoms with E-state index in [9.17, 15) is 4.57 Å². The molecule has 0 aromatic carbocycles. The molecule has 1 atom stereocenters. The third-order valence-electron chi connectivity index (χ3n) is 1.03. The van der Waals surface area contributed by atoms with Gasteiger partial charge < -0.3 is 0 Å². The van der Waals surface area contributed by atoms with Crippen molar-refractivity contribution in [3.05, 3.63) is 0 Å². The van der Waals surface area contributed by atoms with E-state index in [1.165, 1.54) is 0 Å². The monoisotopic (exact) mass is 200 g/mol. The fraction of sp³-hybridized carbons (Fsp3) is 1.00. The maximum atomic E-state index is 11.0. The minimum Gasteiger partial charge on any atom is -0.297 e. The van der Waals surface area contributed by atoms with Crippen molar-refractivity contribution < 1.29 is 13.6 Å². The van der Waals surface area contributed by atoms with Gasteiger partial charge in [0.2, 0.25) is 0 Å². The molecule has 0 spiro atoms. The van der Waals surface area contributed by atoms with Crippen molar-refractivity contribution in [1.29, 1.82) is 0 Å². The molecule has 3 nitrogen and oxygen atoms in total. The largest absolute Gasteiger partial charge is 0.424 e. The van der Waals surface area contributed by atoms with E-state index in [-0.39, 0.29) is 0 Å². The van der Waals surface area contributed by atoms with E-state index in [1.54, 1.807) is 6.92 Å². The first-order valence-corrected chi connectivity index (χ1v) is 6.16. The molecule has 0 aliphatic carbocycles. The molecule has 11 heavy (non-hydrogen) atoms. The second-order valence-electron chi connectivity index (χ2n) is 2.04. The summed E-state index contributed by atoms with van der Waals surface area (Å²) in [4.78, 5) is 0. The van der Waals surface area contributed by atoms with Crippen LogP contribution in [0.4, 0.5) is 0 Å². The lowest BCUT2D eigenvalue weighted by Gasteiger charge is -2.08. The van der Waals surface area contributed by atoms with Crippen molar-refractivity contribution in [3.63, 3.8) is 0 Å². The Morgan fingerprint density at radius 2 is 2.00 bits per heavy atom. The molecule has 0 aliphatic heterocycles. The third kappa shape index (κ3) is 6.82. The highest BCUT2D eigenvalue weighted by molar-refractivity contribution is 7.81. The highest BCUT2D eigenvalue weighted by Crippen LogP contribution is 2.53.